The number of likely N-dealkylation sites (N-methyl/N-ethyl adjacent to an activating group) is 1. The molecule has 0 saturated carbocycles. The molecule has 0 aliphatic rings. The molecule has 0 heterocycles. The lowest BCUT2D eigenvalue weighted by molar-refractivity contribution is 0.166. The zero-order chi connectivity index (χ0) is 13.1. The fraction of sp³-hybridized carbons (Fsp3) is 0.600. The van der Waals surface area contributed by atoms with Gasteiger partial charge in [0.15, 0.2) is 0 Å². The predicted molar refractivity (Wildman–Crippen MR) is 75.4 cm³/mol. The standard InChI is InChI=1S/C15H26N2/c1-12-6-7-14(13(2)10-12)8-9-17(5)15(3,4)11-16/h6-7,10H,8-9,11,16H2,1-5H3. The van der Waals surface area contributed by atoms with Crippen LogP contribution in [0.25, 0.3) is 0 Å². The minimum atomic E-state index is 0.0819. The number of hydrogen-bond acceptors (Lipinski definition) is 2. The van der Waals surface area contributed by atoms with Gasteiger partial charge in [-0.25, -0.2) is 0 Å². The van der Waals surface area contributed by atoms with E-state index >= 15 is 0 Å². The van der Waals surface area contributed by atoms with Crippen LogP contribution in [0.1, 0.15) is 30.5 Å². The molecular weight excluding hydrogens is 208 g/mol. The summed E-state index contributed by atoms with van der Waals surface area (Å²) < 4.78 is 0. The van der Waals surface area contributed by atoms with E-state index in [1.54, 1.807) is 0 Å². The molecule has 0 spiro atoms. The zero-order valence-electron chi connectivity index (χ0n) is 11.9. The maximum absolute atomic E-state index is 5.78. The minimum absolute atomic E-state index is 0.0819. The van der Waals surface area contributed by atoms with E-state index in [-0.39, 0.29) is 5.54 Å². The summed E-state index contributed by atoms with van der Waals surface area (Å²) in [6, 6.07) is 6.69. The Bertz CT molecular complexity index is 369. The SMILES string of the molecule is Cc1ccc(CCN(C)C(C)(C)CN)c(C)c1. The van der Waals surface area contributed by atoms with E-state index in [2.05, 4.69) is 57.8 Å². The van der Waals surface area contributed by atoms with Crippen molar-refractivity contribution in [3.63, 3.8) is 0 Å². The van der Waals surface area contributed by atoms with Crippen molar-refractivity contribution in [3.8, 4) is 0 Å². The van der Waals surface area contributed by atoms with Crippen molar-refractivity contribution in [3.05, 3.63) is 34.9 Å². The smallest absolute Gasteiger partial charge is 0.0272 e. The fourth-order valence-electron chi connectivity index (χ4n) is 1.87. The molecule has 0 bridgehead atoms. The molecule has 2 heteroatoms. The van der Waals surface area contributed by atoms with E-state index < -0.39 is 0 Å². The van der Waals surface area contributed by atoms with Crippen molar-refractivity contribution in [2.75, 3.05) is 20.1 Å². The van der Waals surface area contributed by atoms with E-state index in [1.165, 1.54) is 16.7 Å². The summed E-state index contributed by atoms with van der Waals surface area (Å²) in [7, 11) is 2.15. The van der Waals surface area contributed by atoms with Gasteiger partial charge in [-0.15, -0.1) is 0 Å². The molecule has 0 aromatic heterocycles. The number of nitrogens with zero attached hydrogens (tertiary/aromatic N) is 1. The van der Waals surface area contributed by atoms with Gasteiger partial charge < -0.3 is 5.73 Å². The van der Waals surface area contributed by atoms with Crippen LogP contribution < -0.4 is 5.73 Å². The van der Waals surface area contributed by atoms with Gasteiger partial charge in [0.2, 0.25) is 0 Å². The fourth-order valence-corrected chi connectivity index (χ4v) is 1.87. The average molecular weight is 234 g/mol. The number of benzene rings is 1. The third kappa shape index (κ3) is 3.83. The van der Waals surface area contributed by atoms with Crippen molar-refractivity contribution in [2.24, 2.45) is 5.73 Å². The molecule has 17 heavy (non-hydrogen) atoms. The summed E-state index contributed by atoms with van der Waals surface area (Å²) in [5.74, 6) is 0. The Morgan fingerprint density at radius 2 is 1.88 bits per heavy atom. The molecule has 0 saturated heterocycles. The normalized spacial score (nSPS) is 12.2. The molecule has 0 fully saturated rings. The van der Waals surface area contributed by atoms with Crippen molar-refractivity contribution in [2.45, 2.75) is 39.7 Å². The summed E-state index contributed by atoms with van der Waals surface area (Å²) in [6.07, 6.45) is 1.09. The quantitative estimate of drug-likeness (QED) is 0.848. The molecule has 1 rings (SSSR count). The molecular formula is C15H26N2. The molecule has 0 aliphatic carbocycles. The molecule has 2 nitrogen and oxygen atoms in total. The topological polar surface area (TPSA) is 29.3 Å². The first-order valence-electron chi connectivity index (χ1n) is 6.34. The van der Waals surface area contributed by atoms with Gasteiger partial charge in [-0.2, -0.15) is 0 Å². The minimum Gasteiger partial charge on any atom is -0.329 e. The number of rotatable bonds is 5. The predicted octanol–water partition coefficient (Wildman–Crippen LogP) is 2.52. The molecule has 1 aromatic rings. The van der Waals surface area contributed by atoms with Crippen molar-refractivity contribution < 1.29 is 0 Å². The van der Waals surface area contributed by atoms with Crippen LogP contribution in [-0.2, 0) is 6.42 Å². The Morgan fingerprint density at radius 1 is 1.24 bits per heavy atom. The second kappa shape index (κ2) is 5.65. The van der Waals surface area contributed by atoms with Crippen LogP contribution in [0.2, 0.25) is 0 Å². The molecule has 0 radical (unpaired) electrons. The largest absolute Gasteiger partial charge is 0.329 e. The molecule has 0 unspecified atom stereocenters. The number of aryl methyl sites for hydroxylation is 2. The maximum atomic E-state index is 5.78. The lowest BCUT2D eigenvalue weighted by Gasteiger charge is -2.34. The van der Waals surface area contributed by atoms with Gasteiger partial charge in [-0.3, -0.25) is 4.90 Å². The average Bonchev–Trinajstić information content (AvgIpc) is 2.27. The Kier molecular flexibility index (Phi) is 4.72. The summed E-state index contributed by atoms with van der Waals surface area (Å²) >= 11 is 0. The van der Waals surface area contributed by atoms with Crippen molar-refractivity contribution in [1.82, 2.24) is 4.90 Å². The first kappa shape index (κ1) is 14.2. The van der Waals surface area contributed by atoms with Crippen LogP contribution in [0.3, 0.4) is 0 Å². The Morgan fingerprint density at radius 3 is 2.41 bits per heavy atom. The highest BCUT2D eigenvalue weighted by Gasteiger charge is 2.20. The van der Waals surface area contributed by atoms with E-state index in [9.17, 15) is 0 Å². The van der Waals surface area contributed by atoms with Crippen molar-refractivity contribution in [1.29, 1.82) is 0 Å². The van der Waals surface area contributed by atoms with Crippen molar-refractivity contribution >= 4 is 0 Å². The van der Waals surface area contributed by atoms with Gasteiger partial charge in [0.1, 0.15) is 0 Å². The molecule has 2 N–H and O–H groups in total. The van der Waals surface area contributed by atoms with Crippen LogP contribution in [0.5, 0.6) is 0 Å². The molecule has 0 amide bonds. The second-order valence-electron chi connectivity index (χ2n) is 5.62. The summed E-state index contributed by atoms with van der Waals surface area (Å²) in [5.41, 5.74) is 10.0. The summed E-state index contributed by atoms with van der Waals surface area (Å²) in [6.45, 7) is 10.4. The van der Waals surface area contributed by atoms with Gasteiger partial charge in [0.25, 0.3) is 0 Å². The Hall–Kier alpha value is -0.860. The van der Waals surface area contributed by atoms with Crippen LogP contribution in [0, 0.1) is 13.8 Å². The first-order chi connectivity index (χ1) is 7.86. The first-order valence-corrected chi connectivity index (χ1v) is 6.34. The van der Waals surface area contributed by atoms with Gasteiger partial charge >= 0.3 is 0 Å². The van der Waals surface area contributed by atoms with E-state index in [1.807, 2.05) is 0 Å². The molecule has 0 aliphatic heterocycles. The van der Waals surface area contributed by atoms with Gasteiger partial charge in [0.05, 0.1) is 0 Å². The highest BCUT2D eigenvalue weighted by atomic mass is 15.2. The third-order valence-electron chi connectivity index (χ3n) is 3.75. The number of nitrogens with two attached hydrogens (primary N) is 1. The van der Waals surface area contributed by atoms with Gasteiger partial charge in [0, 0.05) is 18.6 Å². The molecule has 1 aromatic carbocycles. The van der Waals surface area contributed by atoms with Crippen LogP contribution in [0.4, 0.5) is 0 Å². The lowest BCUT2D eigenvalue weighted by Crippen LogP contribution is -2.47. The van der Waals surface area contributed by atoms with E-state index in [0.29, 0.717) is 6.54 Å². The lowest BCUT2D eigenvalue weighted by atomic mass is 10.0. The summed E-state index contributed by atoms with van der Waals surface area (Å²) in [4.78, 5) is 2.34. The van der Waals surface area contributed by atoms with E-state index in [4.69, 9.17) is 5.73 Å². The monoisotopic (exact) mass is 234 g/mol. The Labute approximate surface area is 106 Å². The zero-order valence-corrected chi connectivity index (χ0v) is 11.9. The Balaban J connectivity index is 2.62. The van der Waals surface area contributed by atoms with Crippen LogP contribution in [-0.4, -0.2) is 30.6 Å². The second-order valence-corrected chi connectivity index (χ2v) is 5.62. The third-order valence-corrected chi connectivity index (χ3v) is 3.75. The number of hydrogen-bond donors (Lipinski definition) is 1. The van der Waals surface area contributed by atoms with Crippen LogP contribution >= 0.6 is 0 Å². The highest BCUT2D eigenvalue weighted by Crippen LogP contribution is 2.14. The van der Waals surface area contributed by atoms with Gasteiger partial charge in [-0.1, -0.05) is 23.8 Å². The van der Waals surface area contributed by atoms with Crippen LogP contribution in [0.15, 0.2) is 18.2 Å². The van der Waals surface area contributed by atoms with Gasteiger partial charge in [-0.05, 0) is 52.3 Å². The molecule has 0 atom stereocenters. The van der Waals surface area contributed by atoms with E-state index in [0.717, 1.165) is 13.0 Å². The maximum Gasteiger partial charge on any atom is 0.0272 e. The summed E-state index contributed by atoms with van der Waals surface area (Å²) in [5, 5.41) is 0. The molecule has 96 valence electrons. The highest BCUT2D eigenvalue weighted by molar-refractivity contribution is 5.30.